The van der Waals surface area contributed by atoms with Crippen molar-refractivity contribution >= 4 is 17.8 Å². The fraction of sp³-hybridized carbons (Fsp3) is 0.312. The minimum absolute atomic E-state index is 0.0755. The Bertz CT molecular complexity index is 895. The second-order valence-corrected chi connectivity index (χ2v) is 6.25. The number of halogens is 1. The Morgan fingerprint density at radius 3 is 2.44 bits per heavy atom. The predicted octanol–water partition coefficient (Wildman–Crippen LogP) is 0.466. The van der Waals surface area contributed by atoms with Gasteiger partial charge in [0.05, 0.1) is 11.9 Å². The van der Waals surface area contributed by atoms with Crippen molar-refractivity contribution in [2.45, 2.75) is 0 Å². The van der Waals surface area contributed by atoms with Crippen molar-refractivity contribution in [3.8, 4) is 11.6 Å². The van der Waals surface area contributed by atoms with Crippen LogP contribution in [0, 0.1) is 0 Å². The molecule has 0 spiro atoms. The molecule has 8 nitrogen and oxygen atoms in total. The van der Waals surface area contributed by atoms with E-state index in [1.807, 2.05) is 12.1 Å². The molecule has 2 heterocycles. The van der Waals surface area contributed by atoms with Gasteiger partial charge in [0.25, 0.3) is 5.56 Å². The van der Waals surface area contributed by atoms with E-state index in [0.29, 0.717) is 10.7 Å². The molecule has 132 valence electrons. The summed E-state index contributed by atoms with van der Waals surface area (Å²) in [5.74, 6) is -0.464. The highest BCUT2D eigenvalue weighted by Gasteiger charge is 2.16. The molecule has 2 aromatic rings. The van der Waals surface area contributed by atoms with Crippen LogP contribution in [-0.2, 0) is 0 Å². The molecule has 0 unspecified atom stereocenters. The molecule has 2 N–H and O–H groups in total. The molecule has 9 heteroatoms. The highest BCUT2D eigenvalue weighted by molar-refractivity contribution is 6.30. The Morgan fingerprint density at radius 1 is 1.16 bits per heavy atom. The number of nitrogens with zero attached hydrogens (tertiary/aromatic N) is 4. The van der Waals surface area contributed by atoms with Crippen molar-refractivity contribution in [3.63, 3.8) is 0 Å². The molecule has 1 aliphatic heterocycles. The number of piperazine rings is 1. The van der Waals surface area contributed by atoms with Crippen molar-refractivity contribution < 1.29 is 5.11 Å². The van der Waals surface area contributed by atoms with Gasteiger partial charge in [-0.15, -0.1) is 0 Å². The molecule has 1 aromatic carbocycles. The average molecular weight is 364 g/mol. The van der Waals surface area contributed by atoms with Gasteiger partial charge in [-0.2, -0.15) is 5.10 Å². The maximum atomic E-state index is 12.1. The standard InChI is InChI=1S/C16H18ClN5O3/c1-20-6-8-21(9-7-20)18-10-13-14(23)19-16(25)22(15(13)24)12-4-2-11(17)3-5-12/h2-5,10,24H,6-9H2,1H3,(H,19,23,25)/b18-10+. The van der Waals surface area contributed by atoms with Crippen molar-refractivity contribution in [2.75, 3.05) is 33.2 Å². The molecular formula is C16H18ClN5O3. The summed E-state index contributed by atoms with van der Waals surface area (Å²) in [5.41, 5.74) is -1.11. The van der Waals surface area contributed by atoms with Gasteiger partial charge in [0.1, 0.15) is 5.56 Å². The van der Waals surface area contributed by atoms with Gasteiger partial charge in [-0.1, -0.05) is 11.6 Å². The highest BCUT2D eigenvalue weighted by Crippen LogP contribution is 2.17. The molecule has 25 heavy (non-hydrogen) atoms. The lowest BCUT2D eigenvalue weighted by atomic mass is 10.3. The molecule has 0 bridgehead atoms. The summed E-state index contributed by atoms with van der Waals surface area (Å²) in [6, 6.07) is 6.32. The smallest absolute Gasteiger partial charge is 0.335 e. The Morgan fingerprint density at radius 2 is 1.80 bits per heavy atom. The van der Waals surface area contributed by atoms with E-state index in [1.165, 1.54) is 6.21 Å². The zero-order chi connectivity index (χ0) is 18.0. The monoisotopic (exact) mass is 363 g/mol. The Kier molecular flexibility index (Phi) is 4.91. The Hall–Kier alpha value is -2.58. The van der Waals surface area contributed by atoms with Crippen LogP contribution in [0.25, 0.3) is 5.69 Å². The number of hydrogen-bond donors (Lipinski definition) is 2. The van der Waals surface area contributed by atoms with Crippen molar-refractivity contribution in [3.05, 3.63) is 55.7 Å². The second-order valence-electron chi connectivity index (χ2n) is 5.81. The molecule has 3 rings (SSSR count). The summed E-state index contributed by atoms with van der Waals surface area (Å²) in [5, 5.41) is 17.0. The van der Waals surface area contributed by atoms with Crippen molar-refractivity contribution in [2.24, 2.45) is 5.10 Å². The van der Waals surface area contributed by atoms with Gasteiger partial charge in [-0.3, -0.25) is 14.8 Å². The summed E-state index contributed by atoms with van der Waals surface area (Å²) < 4.78 is 1.00. The van der Waals surface area contributed by atoms with E-state index in [4.69, 9.17) is 11.6 Å². The van der Waals surface area contributed by atoms with Crippen LogP contribution in [-0.4, -0.2) is 64.0 Å². The van der Waals surface area contributed by atoms with E-state index >= 15 is 0 Å². The average Bonchev–Trinajstić information content (AvgIpc) is 2.57. The van der Waals surface area contributed by atoms with Crippen molar-refractivity contribution in [1.82, 2.24) is 19.5 Å². The van der Waals surface area contributed by atoms with Gasteiger partial charge in [-0.25, -0.2) is 9.36 Å². The molecule has 0 amide bonds. The van der Waals surface area contributed by atoms with E-state index < -0.39 is 17.1 Å². The van der Waals surface area contributed by atoms with Gasteiger partial charge < -0.3 is 10.0 Å². The van der Waals surface area contributed by atoms with E-state index in [1.54, 1.807) is 24.3 Å². The van der Waals surface area contributed by atoms with Crippen LogP contribution in [0.2, 0.25) is 5.02 Å². The van der Waals surface area contributed by atoms with Crippen LogP contribution in [0.15, 0.2) is 39.0 Å². The Balaban J connectivity index is 1.97. The highest BCUT2D eigenvalue weighted by atomic mass is 35.5. The predicted molar refractivity (Wildman–Crippen MR) is 96.0 cm³/mol. The number of nitrogens with one attached hydrogen (secondary N) is 1. The molecule has 1 aromatic heterocycles. The molecule has 1 fully saturated rings. The second kappa shape index (κ2) is 7.12. The number of H-pyrrole nitrogens is 1. The van der Waals surface area contributed by atoms with Crippen LogP contribution in [0.5, 0.6) is 5.88 Å². The molecular weight excluding hydrogens is 346 g/mol. The van der Waals surface area contributed by atoms with Crippen LogP contribution < -0.4 is 11.2 Å². The molecule has 0 saturated carbocycles. The maximum Gasteiger partial charge on any atom is 0.335 e. The number of benzene rings is 1. The lowest BCUT2D eigenvalue weighted by molar-refractivity contribution is 0.159. The van der Waals surface area contributed by atoms with E-state index in [-0.39, 0.29) is 5.56 Å². The first kappa shape index (κ1) is 17.2. The first-order valence-corrected chi connectivity index (χ1v) is 8.15. The summed E-state index contributed by atoms with van der Waals surface area (Å²) in [7, 11) is 2.03. The maximum absolute atomic E-state index is 12.1. The van der Waals surface area contributed by atoms with E-state index in [2.05, 4.69) is 15.0 Å². The SMILES string of the molecule is CN1CCN(/N=C/c2c(O)n(-c3ccc(Cl)cc3)c(=O)[nH]c2=O)CC1. The number of aromatic hydroxyl groups is 1. The molecule has 0 aliphatic carbocycles. The third-order valence-corrected chi connectivity index (χ3v) is 4.29. The molecule has 0 atom stereocenters. The summed E-state index contributed by atoms with van der Waals surface area (Å²) in [4.78, 5) is 28.5. The lowest BCUT2D eigenvalue weighted by Crippen LogP contribution is -2.42. The number of aromatic amines is 1. The largest absolute Gasteiger partial charge is 0.493 e. The molecule has 0 radical (unpaired) electrons. The summed E-state index contributed by atoms with van der Waals surface area (Å²) >= 11 is 5.84. The topological polar surface area (TPSA) is 93.9 Å². The number of likely N-dealkylation sites (N-methyl/N-ethyl adjacent to an activating group) is 1. The number of rotatable bonds is 3. The third-order valence-electron chi connectivity index (χ3n) is 4.04. The Labute approximate surface area is 148 Å². The van der Waals surface area contributed by atoms with Gasteiger partial charge in [0, 0.05) is 31.2 Å². The van der Waals surface area contributed by atoms with Crippen LogP contribution in [0.4, 0.5) is 0 Å². The van der Waals surface area contributed by atoms with Gasteiger partial charge in [-0.05, 0) is 31.3 Å². The zero-order valence-electron chi connectivity index (χ0n) is 13.6. The van der Waals surface area contributed by atoms with Crippen LogP contribution in [0.1, 0.15) is 5.56 Å². The minimum atomic E-state index is -0.735. The first-order valence-electron chi connectivity index (χ1n) is 7.77. The van der Waals surface area contributed by atoms with Gasteiger partial charge >= 0.3 is 5.69 Å². The quantitative estimate of drug-likeness (QED) is 0.773. The fourth-order valence-corrected chi connectivity index (χ4v) is 2.66. The van der Waals surface area contributed by atoms with Gasteiger partial charge in [0.15, 0.2) is 0 Å². The first-order chi connectivity index (χ1) is 12.0. The fourth-order valence-electron chi connectivity index (χ4n) is 2.54. The number of aromatic nitrogens is 2. The number of hydrogen-bond acceptors (Lipinski definition) is 6. The van der Waals surface area contributed by atoms with Gasteiger partial charge in [0.2, 0.25) is 5.88 Å². The van der Waals surface area contributed by atoms with E-state index in [9.17, 15) is 14.7 Å². The summed E-state index contributed by atoms with van der Waals surface area (Å²) in [6.07, 6.45) is 1.28. The lowest BCUT2D eigenvalue weighted by Gasteiger charge is -2.30. The van der Waals surface area contributed by atoms with Crippen molar-refractivity contribution in [1.29, 1.82) is 0 Å². The third kappa shape index (κ3) is 3.75. The zero-order valence-corrected chi connectivity index (χ0v) is 14.4. The van der Waals surface area contributed by atoms with Crippen LogP contribution in [0.3, 0.4) is 0 Å². The summed E-state index contributed by atoms with van der Waals surface area (Å²) in [6.45, 7) is 3.18. The van der Waals surface area contributed by atoms with E-state index in [0.717, 1.165) is 30.7 Å². The normalized spacial score (nSPS) is 15.8. The number of hydrazone groups is 1. The molecule has 1 aliphatic rings. The minimum Gasteiger partial charge on any atom is -0.493 e. The molecule has 1 saturated heterocycles. The van der Waals surface area contributed by atoms with Crippen LogP contribution >= 0.6 is 11.6 Å².